The highest BCUT2D eigenvalue weighted by Crippen LogP contribution is 2.20. The number of carbonyl (C=O) groups is 1. The van der Waals surface area contributed by atoms with E-state index in [-0.39, 0.29) is 11.7 Å². The molecule has 1 aliphatic heterocycles. The van der Waals surface area contributed by atoms with Crippen LogP contribution in [0.15, 0.2) is 0 Å². The smallest absolute Gasteiger partial charge is 0.245 e. The summed E-state index contributed by atoms with van der Waals surface area (Å²) in [5.74, 6) is 1.14. The lowest BCUT2D eigenvalue weighted by Gasteiger charge is -2.31. The van der Waals surface area contributed by atoms with Crippen LogP contribution in [0.5, 0.6) is 0 Å². The molecule has 82 valence electrons. The number of tetrazole rings is 1. The SMILES string of the molecule is CC(=O)C1CCCN(c2nnnn2C)C1. The zero-order valence-corrected chi connectivity index (χ0v) is 9.05. The Morgan fingerprint density at radius 3 is 2.93 bits per heavy atom. The largest absolute Gasteiger partial charge is 0.339 e. The van der Waals surface area contributed by atoms with Crippen LogP contribution >= 0.6 is 0 Å². The molecule has 0 N–H and O–H groups in total. The van der Waals surface area contributed by atoms with E-state index in [4.69, 9.17) is 0 Å². The van der Waals surface area contributed by atoms with E-state index in [1.54, 1.807) is 11.6 Å². The Labute approximate surface area is 88.2 Å². The van der Waals surface area contributed by atoms with Gasteiger partial charge < -0.3 is 4.90 Å². The van der Waals surface area contributed by atoms with Gasteiger partial charge in [0.05, 0.1) is 0 Å². The summed E-state index contributed by atoms with van der Waals surface area (Å²) in [6.45, 7) is 3.32. The molecule has 0 spiro atoms. The van der Waals surface area contributed by atoms with E-state index in [1.165, 1.54) is 0 Å². The van der Waals surface area contributed by atoms with Gasteiger partial charge in [-0.3, -0.25) is 4.79 Å². The van der Waals surface area contributed by atoms with E-state index in [9.17, 15) is 4.79 Å². The van der Waals surface area contributed by atoms with Crippen molar-refractivity contribution in [2.45, 2.75) is 19.8 Å². The predicted molar refractivity (Wildman–Crippen MR) is 54.4 cm³/mol. The molecule has 6 nitrogen and oxygen atoms in total. The van der Waals surface area contributed by atoms with Crippen LogP contribution < -0.4 is 4.90 Å². The fourth-order valence-corrected chi connectivity index (χ4v) is 1.98. The number of hydrogen-bond donors (Lipinski definition) is 0. The maximum atomic E-state index is 11.3. The number of hydrogen-bond acceptors (Lipinski definition) is 5. The van der Waals surface area contributed by atoms with Crippen LogP contribution in [0.25, 0.3) is 0 Å². The van der Waals surface area contributed by atoms with Crippen molar-refractivity contribution in [1.29, 1.82) is 0 Å². The van der Waals surface area contributed by atoms with Crippen LogP contribution in [0.2, 0.25) is 0 Å². The van der Waals surface area contributed by atoms with Crippen molar-refractivity contribution in [3.63, 3.8) is 0 Å². The Morgan fingerprint density at radius 1 is 1.53 bits per heavy atom. The molecule has 2 rings (SSSR count). The molecule has 2 heterocycles. The first-order chi connectivity index (χ1) is 7.18. The Bertz CT molecular complexity index is 361. The van der Waals surface area contributed by atoms with Crippen molar-refractivity contribution in [3.8, 4) is 0 Å². The zero-order valence-electron chi connectivity index (χ0n) is 9.05. The molecule has 1 aromatic heterocycles. The summed E-state index contributed by atoms with van der Waals surface area (Å²) in [4.78, 5) is 13.4. The average Bonchev–Trinajstić information content (AvgIpc) is 2.64. The van der Waals surface area contributed by atoms with Gasteiger partial charge in [-0.15, -0.1) is 0 Å². The Kier molecular flexibility index (Phi) is 2.66. The minimum absolute atomic E-state index is 0.135. The maximum absolute atomic E-state index is 11.3. The molecular weight excluding hydrogens is 194 g/mol. The number of piperidine rings is 1. The second kappa shape index (κ2) is 3.96. The zero-order chi connectivity index (χ0) is 10.8. The fourth-order valence-electron chi connectivity index (χ4n) is 1.98. The van der Waals surface area contributed by atoms with Gasteiger partial charge in [-0.1, -0.05) is 5.10 Å². The summed E-state index contributed by atoms with van der Waals surface area (Å²) in [5, 5.41) is 11.3. The number of Topliss-reactive ketones (excluding diaryl/α,β-unsaturated/α-hetero) is 1. The lowest BCUT2D eigenvalue weighted by molar-refractivity contribution is -0.120. The molecule has 1 aromatic rings. The van der Waals surface area contributed by atoms with Crippen LogP contribution in [0.4, 0.5) is 5.95 Å². The lowest BCUT2D eigenvalue weighted by Crippen LogP contribution is -2.39. The summed E-state index contributed by atoms with van der Waals surface area (Å²) in [6, 6.07) is 0. The highest BCUT2D eigenvalue weighted by Gasteiger charge is 2.25. The van der Waals surface area contributed by atoms with Crippen LogP contribution in [0, 0.1) is 5.92 Å². The summed E-state index contributed by atoms with van der Waals surface area (Å²) in [7, 11) is 1.81. The van der Waals surface area contributed by atoms with Crippen molar-refractivity contribution < 1.29 is 4.79 Å². The second-order valence-electron chi connectivity index (χ2n) is 4.00. The molecule has 1 atom stereocenters. The minimum Gasteiger partial charge on any atom is -0.339 e. The van der Waals surface area contributed by atoms with Gasteiger partial charge >= 0.3 is 0 Å². The molecule has 0 bridgehead atoms. The van der Waals surface area contributed by atoms with Gasteiger partial charge in [-0.2, -0.15) is 0 Å². The Balaban J connectivity index is 2.11. The van der Waals surface area contributed by atoms with Gasteiger partial charge in [0.25, 0.3) is 0 Å². The Morgan fingerprint density at radius 2 is 2.33 bits per heavy atom. The van der Waals surface area contributed by atoms with Crippen LogP contribution in [-0.4, -0.2) is 39.1 Å². The van der Waals surface area contributed by atoms with Crippen LogP contribution in [0.3, 0.4) is 0 Å². The Hall–Kier alpha value is -1.46. The molecule has 0 aromatic carbocycles. The van der Waals surface area contributed by atoms with Gasteiger partial charge in [0, 0.05) is 26.1 Å². The summed E-state index contributed by atoms with van der Waals surface area (Å²) in [5.41, 5.74) is 0. The first kappa shape index (κ1) is 10.1. The quantitative estimate of drug-likeness (QED) is 0.686. The third kappa shape index (κ3) is 1.98. The third-order valence-electron chi connectivity index (χ3n) is 2.88. The van der Waals surface area contributed by atoms with Gasteiger partial charge in [0.15, 0.2) is 0 Å². The van der Waals surface area contributed by atoms with Gasteiger partial charge in [0.1, 0.15) is 5.78 Å². The summed E-state index contributed by atoms with van der Waals surface area (Å²) in [6.07, 6.45) is 2.01. The van der Waals surface area contributed by atoms with E-state index in [1.807, 2.05) is 7.05 Å². The minimum atomic E-state index is 0.135. The average molecular weight is 209 g/mol. The molecule has 0 saturated carbocycles. The first-order valence-corrected chi connectivity index (χ1v) is 5.16. The topological polar surface area (TPSA) is 63.9 Å². The number of aryl methyl sites for hydroxylation is 1. The van der Waals surface area contributed by atoms with E-state index >= 15 is 0 Å². The molecule has 1 fully saturated rings. The van der Waals surface area contributed by atoms with Gasteiger partial charge in [-0.05, 0) is 30.2 Å². The molecule has 1 unspecified atom stereocenters. The highest BCUT2D eigenvalue weighted by molar-refractivity contribution is 5.79. The standard InChI is InChI=1S/C9H15N5O/c1-7(15)8-4-3-5-14(6-8)9-10-11-12-13(9)2/h8H,3-6H2,1-2H3. The number of nitrogens with zero attached hydrogens (tertiary/aromatic N) is 5. The maximum Gasteiger partial charge on any atom is 0.245 e. The number of anilines is 1. The molecule has 0 amide bonds. The number of ketones is 1. The van der Waals surface area contributed by atoms with Crippen molar-refractivity contribution in [2.75, 3.05) is 18.0 Å². The number of carbonyl (C=O) groups excluding carboxylic acids is 1. The lowest BCUT2D eigenvalue weighted by atomic mass is 9.95. The monoisotopic (exact) mass is 209 g/mol. The van der Waals surface area contributed by atoms with E-state index < -0.39 is 0 Å². The van der Waals surface area contributed by atoms with Crippen molar-refractivity contribution in [1.82, 2.24) is 20.2 Å². The second-order valence-corrected chi connectivity index (χ2v) is 4.00. The van der Waals surface area contributed by atoms with Crippen molar-refractivity contribution >= 4 is 11.7 Å². The van der Waals surface area contributed by atoms with Crippen LogP contribution in [-0.2, 0) is 11.8 Å². The van der Waals surface area contributed by atoms with Gasteiger partial charge in [-0.25, -0.2) is 4.68 Å². The van der Waals surface area contributed by atoms with Gasteiger partial charge in [0.2, 0.25) is 5.95 Å². The molecule has 1 saturated heterocycles. The van der Waals surface area contributed by atoms with E-state index in [2.05, 4.69) is 20.4 Å². The number of rotatable bonds is 2. The molecule has 6 heteroatoms. The molecule has 15 heavy (non-hydrogen) atoms. The predicted octanol–water partition coefficient (Wildman–Crippen LogP) is 0.0155. The highest BCUT2D eigenvalue weighted by atomic mass is 16.1. The molecule has 1 aliphatic rings. The van der Waals surface area contributed by atoms with Crippen molar-refractivity contribution in [2.24, 2.45) is 13.0 Å². The number of aromatic nitrogens is 4. The third-order valence-corrected chi connectivity index (χ3v) is 2.88. The molecular formula is C9H15N5O. The molecule has 0 aliphatic carbocycles. The normalized spacial score (nSPS) is 21.7. The first-order valence-electron chi connectivity index (χ1n) is 5.16. The summed E-state index contributed by atoms with van der Waals surface area (Å²) >= 11 is 0. The van der Waals surface area contributed by atoms with E-state index in [0.29, 0.717) is 0 Å². The van der Waals surface area contributed by atoms with Crippen molar-refractivity contribution in [3.05, 3.63) is 0 Å². The van der Waals surface area contributed by atoms with Crippen LogP contribution in [0.1, 0.15) is 19.8 Å². The summed E-state index contributed by atoms with van der Waals surface area (Å²) < 4.78 is 1.64. The molecule has 0 radical (unpaired) electrons. The fraction of sp³-hybridized carbons (Fsp3) is 0.778. The van der Waals surface area contributed by atoms with E-state index in [0.717, 1.165) is 31.9 Å².